The van der Waals surface area contributed by atoms with Gasteiger partial charge in [-0.2, -0.15) is 0 Å². The molecule has 0 atom stereocenters. The maximum Gasteiger partial charge on any atom is 0.257 e. The standard InChI is InChI=1S/C24H30ClN3O2S/c1-16(2)15-30-20-6-4-5-18(13-20)23(29)27-24(31)26-19-7-8-22(21(25)14-19)28-11-9-17(3)10-12-28/h4-8,13-14,16-17H,9-12,15H2,1-3H3,(H2,26,27,29,31). The summed E-state index contributed by atoms with van der Waals surface area (Å²) in [5.74, 6) is 1.54. The highest BCUT2D eigenvalue weighted by atomic mass is 35.5. The molecule has 2 aromatic carbocycles. The molecule has 31 heavy (non-hydrogen) atoms. The molecule has 3 rings (SSSR count). The van der Waals surface area contributed by atoms with Crippen LogP contribution < -0.4 is 20.3 Å². The Morgan fingerprint density at radius 3 is 2.65 bits per heavy atom. The summed E-state index contributed by atoms with van der Waals surface area (Å²) in [7, 11) is 0. The van der Waals surface area contributed by atoms with Crippen LogP contribution in [0.1, 0.15) is 44.0 Å². The van der Waals surface area contributed by atoms with Crippen molar-refractivity contribution in [3.8, 4) is 5.75 Å². The molecule has 0 aromatic heterocycles. The van der Waals surface area contributed by atoms with Crippen LogP contribution in [0.25, 0.3) is 0 Å². The number of halogens is 1. The number of piperidine rings is 1. The summed E-state index contributed by atoms with van der Waals surface area (Å²) in [6.07, 6.45) is 2.35. The minimum absolute atomic E-state index is 0.217. The van der Waals surface area contributed by atoms with Crippen molar-refractivity contribution in [2.24, 2.45) is 11.8 Å². The van der Waals surface area contributed by atoms with Gasteiger partial charge in [-0.05, 0) is 73.3 Å². The predicted molar refractivity (Wildman–Crippen MR) is 133 cm³/mol. The second-order valence-electron chi connectivity index (χ2n) is 8.48. The quantitative estimate of drug-likeness (QED) is 0.539. The van der Waals surface area contributed by atoms with Gasteiger partial charge in [-0.3, -0.25) is 10.1 Å². The molecule has 166 valence electrons. The Morgan fingerprint density at radius 2 is 1.97 bits per heavy atom. The SMILES string of the molecule is CC(C)COc1cccc(C(=O)NC(=S)Nc2ccc(N3CCC(C)CC3)c(Cl)c2)c1. The molecule has 0 bridgehead atoms. The van der Waals surface area contributed by atoms with Crippen molar-refractivity contribution in [1.82, 2.24) is 5.32 Å². The van der Waals surface area contributed by atoms with Crippen molar-refractivity contribution >= 4 is 46.2 Å². The summed E-state index contributed by atoms with van der Waals surface area (Å²) in [6.45, 7) is 9.07. The lowest BCUT2D eigenvalue weighted by Gasteiger charge is -2.32. The summed E-state index contributed by atoms with van der Waals surface area (Å²) < 4.78 is 5.69. The molecule has 0 saturated carbocycles. The Hall–Kier alpha value is -2.31. The van der Waals surface area contributed by atoms with Crippen LogP contribution in [0, 0.1) is 11.8 Å². The largest absolute Gasteiger partial charge is 0.493 e. The molecule has 1 aliphatic heterocycles. The highest BCUT2D eigenvalue weighted by Crippen LogP contribution is 2.31. The lowest BCUT2D eigenvalue weighted by Crippen LogP contribution is -2.34. The Balaban J connectivity index is 1.57. The fraction of sp³-hybridized carbons (Fsp3) is 0.417. The Labute approximate surface area is 195 Å². The van der Waals surface area contributed by atoms with E-state index in [2.05, 4.69) is 36.3 Å². The number of nitrogens with zero attached hydrogens (tertiary/aromatic N) is 1. The number of amides is 1. The normalized spacial score (nSPS) is 14.4. The molecule has 2 aromatic rings. The van der Waals surface area contributed by atoms with E-state index in [1.54, 1.807) is 18.2 Å². The van der Waals surface area contributed by atoms with E-state index in [4.69, 9.17) is 28.6 Å². The fourth-order valence-electron chi connectivity index (χ4n) is 3.42. The minimum atomic E-state index is -0.294. The highest BCUT2D eigenvalue weighted by molar-refractivity contribution is 7.80. The van der Waals surface area contributed by atoms with E-state index in [1.807, 2.05) is 24.3 Å². The Morgan fingerprint density at radius 1 is 1.23 bits per heavy atom. The van der Waals surface area contributed by atoms with E-state index in [1.165, 1.54) is 12.8 Å². The van der Waals surface area contributed by atoms with Crippen LogP contribution in [-0.2, 0) is 0 Å². The number of carbonyl (C=O) groups excluding carboxylic acids is 1. The van der Waals surface area contributed by atoms with E-state index >= 15 is 0 Å². The van der Waals surface area contributed by atoms with Crippen molar-refractivity contribution < 1.29 is 9.53 Å². The Kier molecular flexibility index (Phi) is 8.15. The molecule has 1 heterocycles. The summed E-state index contributed by atoms with van der Waals surface area (Å²) in [4.78, 5) is 14.9. The first-order valence-electron chi connectivity index (χ1n) is 10.7. The molecule has 0 radical (unpaired) electrons. The van der Waals surface area contributed by atoms with E-state index in [9.17, 15) is 4.79 Å². The fourth-order valence-corrected chi connectivity index (χ4v) is 3.93. The molecular weight excluding hydrogens is 430 g/mol. The van der Waals surface area contributed by atoms with Crippen molar-refractivity contribution in [2.45, 2.75) is 33.6 Å². The average molecular weight is 460 g/mol. The number of benzene rings is 2. The van der Waals surface area contributed by atoms with E-state index in [0.717, 1.165) is 30.4 Å². The van der Waals surface area contributed by atoms with Crippen LogP contribution in [0.4, 0.5) is 11.4 Å². The van der Waals surface area contributed by atoms with Gasteiger partial charge in [0.15, 0.2) is 5.11 Å². The number of thiocarbonyl (C=S) groups is 1. The minimum Gasteiger partial charge on any atom is -0.493 e. The van der Waals surface area contributed by atoms with E-state index in [-0.39, 0.29) is 11.0 Å². The molecule has 5 nitrogen and oxygen atoms in total. The van der Waals surface area contributed by atoms with Gasteiger partial charge in [0.25, 0.3) is 5.91 Å². The van der Waals surface area contributed by atoms with Gasteiger partial charge in [0.1, 0.15) is 5.75 Å². The van der Waals surface area contributed by atoms with Crippen LogP contribution in [0.5, 0.6) is 5.75 Å². The van der Waals surface area contributed by atoms with Crippen LogP contribution in [0.2, 0.25) is 5.02 Å². The van der Waals surface area contributed by atoms with Crippen molar-refractivity contribution in [1.29, 1.82) is 0 Å². The first-order chi connectivity index (χ1) is 14.8. The maximum atomic E-state index is 12.6. The lowest BCUT2D eigenvalue weighted by atomic mass is 9.99. The number of hydrogen-bond donors (Lipinski definition) is 2. The smallest absolute Gasteiger partial charge is 0.257 e. The van der Waals surface area contributed by atoms with Crippen molar-refractivity contribution in [3.63, 3.8) is 0 Å². The monoisotopic (exact) mass is 459 g/mol. The van der Waals surface area contributed by atoms with Gasteiger partial charge in [-0.1, -0.05) is 38.4 Å². The second kappa shape index (κ2) is 10.8. The topological polar surface area (TPSA) is 53.6 Å². The molecule has 7 heteroatoms. The molecular formula is C24H30ClN3O2S. The summed E-state index contributed by atoms with van der Waals surface area (Å²) >= 11 is 11.8. The van der Waals surface area contributed by atoms with Gasteiger partial charge >= 0.3 is 0 Å². The zero-order valence-electron chi connectivity index (χ0n) is 18.3. The predicted octanol–water partition coefficient (Wildman–Crippen LogP) is 5.74. The molecule has 2 N–H and O–H groups in total. The average Bonchev–Trinajstić information content (AvgIpc) is 2.73. The van der Waals surface area contributed by atoms with Crippen molar-refractivity contribution in [2.75, 3.05) is 29.9 Å². The lowest BCUT2D eigenvalue weighted by molar-refractivity contribution is 0.0977. The summed E-state index contributed by atoms with van der Waals surface area (Å²) in [5, 5.41) is 6.64. The second-order valence-corrected chi connectivity index (χ2v) is 9.29. The van der Waals surface area contributed by atoms with Crippen molar-refractivity contribution in [3.05, 3.63) is 53.1 Å². The molecule has 1 aliphatic rings. The molecule has 0 spiro atoms. The van der Waals surface area contributed by atoms with Gasteiger partial charge < -0.3 is 15.0 Å². The number of carbonyl (C=O) groups is 1. The third kappa shape index (κ3) is 6.84. The highest BCUT2D eigenvalue weighted by Gasteiger charge is 2.18. The Bertz CT molecular complexity index is 927. The number of nitrogens with one attached hydrogen (secondary N) is 2. The summed E-state index contributed by atoms with van der Waals surface area (Å²) in [5.41, 5.74) is 2.25. The number of hydrogen-bond acceptors (Lipinski definition) is 4. The van der Waals surface area contributed by atoms with Crippen LogP contribution >= 0.6 is 23.8 Å². The molecule has 0 unspecified atom stereocenters. The van der Waals surface area contributed by atoms with Gasteiger partial charge in [-0.25, -0.2) is 0 Å². The van der Waals surface area contributed by atoms with Crippen LogP contribution in [0.3, 0.4) is 0 Å². The van der Waals surface area contributed by atoms with Gasteiger partial charge in [0.05, 0.1) is 17.3 Å². The molecule has 1 fully saturated rings. The van der Waals surface area contributed by atoms with Gasteiger partial charge in [0, 0.05) is 24.3 Å². The zero-order chi connectivity index (χ0) is 22.4. The van der Waals surface area contributed by atoms with Crippen LogP contribution in [-0.4, -0.2) is 30.7 Å². The van der Waals surface area contributed by atoms with E-state index in [0.29, 0.717) is 28.9 Å². The molecule has 1 saturated heterocycles. The number of anilines is 2. The van der Waals surface area contributed by atoms with Crippen LogP contribution in [0.15, 0.2) is 42.5 Å². The number of ether oxygens (including phenoxy) is 1. The molecule has 0 aliphatic carbocycles. The van der Waals surface area contributed by atoms with Gasteiger partial charge in [-0.15, -0.1) is 0 Å². The first-order valence-corrected chi connectivity index (χ1v) is 11.5. The zero-order valence-corrected chi connectivity index (χ0v) is 19.9. The maximum absolute atomic E-state index is 12.6. The number of rotatable bonds is 6. The first kappa shape index (κ1) is 23.4. The molecule has 1 amide bonds. The third-order valence-corrected chi connectivity index (χ3v) is 5.74. The summed E-state index contributed by atoms with van der Waals surface area (Å²) in [6, 6.07) is 12.8. The van der Waals surface area contributed by atoms with Gasteiger partial charge in [0.2, 0.25) is 0 Å². The van der Waals surface area contributed by atoms with E-state index < -0.39 is 0 Å². The third-order valence-electron chi connectivity index (χ3n) is 5.24.